The largest absolute Gasteiger partial charge is 0.390 e. The third-order valence-electron chi connectivity index (χ3n) is 3.28. The Bertz CT molecular complexity index is 446. The van der Waals surface area contributed by atoms with Gasteiger partial charge in [-0.25, -0.2) is 0 Å². The third-order valence-corrected chi connectivity index (χ3v) is 4.20. The number of aliphatic hydroxyl groups is 2. The number of thiophene rings is 1. The van der Waals surface area contributed by atoms with Crippen LogP contribution in [0, 0.1) is 11.8 Å². The summed E-state index contributed by atoms with van der Waals surface area (Å²) in [6.45, 7) is 4.65. The van der Waals surface area contributed by atoms with Crippen molar-refractivity contribution in [1.82, 2.24) is 4.90 Å². The second-order valence-electron chi connectivity index (χ2n) is 5.03. The molecule has 0 bridgehead atoms. The number of hydrogen-bond donors (Lipinski definition) is 2. The zero-order valence-electron chi connectivity index (χ0n) is 10.6. The molecule has 18 heavy (non-hydrogen) atoms. The van der Waals surface area contributed by atoms with Crippen molar-refractivity contribution in [2.45, 2.75) is 31.9 Å². The maximum atomic E-state index is 9.89. The molecule has 0 amide bonds. The monoisotopic (exact) mass is 265 g/mol. The molecular formula is C14H19NO2S. The van der Waals surface area contributed by atoms with Crippen molar-refractivity contribution >= 4 is 11.3 Å². The Labute approximate surface area is 112 Å². The van der Waals surface area contributed by atoms with E-state index in [4.69, 9.17) is 5.11 Å². The Kier molecular flexibility index (Phi) is 4.41. The van der Waals surface area contributed by atoms with Crippen molar-refractivity contribution in [3.05, 3.63) is 21.9 Å². The topological polar surface area (TPSA) is 43.7 Å². The van der Waals surface area contributed by atoms with Gasteiger partial charge in [0.2, 0.25) is 0 Å². The standard InChI is InChI=1S/C14H19NO2S/c1-14(17)4-6-15(7-5-14)10-13-9-12(11-18-13)3-2-8-16/h9,11,16-17H,4-8,10H2,1H3. The summed E-state index contributed by atoms with van der Waals surface area (Å²) in [6, 6.07) is 2.08. The minimum atomic E-state index is -0.482. The van der Waals surface area contributed by atoms with Gasteiger partial charge in [-0.05, 0) is 25.8 Å². The Morgan fingerprint density at radius 1 is 1.44 bits per heavy atom. The van der Waals surface area contributed by atoms with Crippen molar-refractivity contribution < 1.29 is 10.2 Å². The van der Waals surface area contributed by atoms with Gasteiger partial charge in [0.15, 0.2) is 0 Å². The van der Waals surface area contributed by atoms with Gasteiger partial charge in [0, 0.05) is 35.5 Å². The van der Waals surface area contributed by atoms with E-state index in [-0.39, 0.29) is 6.61 Å². The number of likely N-dealkylation sites (tertiary alicyclic amines) is 1. The normalized spacial score (nSPS) is 19.3. The van der Waals surface area contributed by atoms with Crippen LogP contribution < -0.4 is 0 Å². The van der Waals surface area contributed by atoms with Gasteiger partial charge in [-0.2, -0.15) is 0 Å². The number of rotatable bonds is 2. The van der Waals surface area contributed by atoms with Gasteiger partial charge in [0.25, 0.3) is 0 Å². The molecule has 1 aliphatic rings. The lowest BCUT2D eigenvalue weighted by Gasteiger charge is -2.35. The molecule has 0 spiro atoms. The zero-order chi connectivity index (χ0) is 13.0. The second kappa shape index (κ2) is 5.85. The lowest BCUT2D eigenvalue weighted by molar-refractivity contribution is -0.00706. The van der Waals surface area contributed by atoms with Gasteiger partial charge in [0.1, 0.15) is 6.61 Å². The van der Waals surface area contributed by atoms with Crippen molar-refractivity contribution in [1.29, 1.82) is 0 Å². The molecular weight excluding hydrogens is 246 g/mol. The highest BCUT2D eigenvalue weighted by Crippen LogP contribution is 2.24. The second-order valence-corrected chi connectivity index (χ2v) is 6.03. The van der Waals surface area contributed by atoms with Crippen LogP contribution >= 0.6 is 11.3 Å². The van der Waals surface area contributed by atoms with Crippen LogP contribution in [0.2, 0.25) is 0 Å². The van der Waals surface area contributed by atoms with Crippen LogP contribution in [0.5, 0.6) is 0 Å². The summed E-state index contributed by atoms with van der Waals surface area (Å²) < 4.78 is 0. The van der Waals surface area contributed by atoms with Crippen LogP contribution in [-0.4, -0.2) is 40.4 Å². The van der Waals surface area contributed by atoms with Crippen molar-refractivity contribution in [2.75, 3.05) is 19.7 Å². The number of piperidine rings is 1. The number of hydrogen-bond acceptors (Lipinski definition) is 4. The molecule has 0 aromatic carbocycles. The summed E-state index contributed by atoms with van der Waals surface area (Å²) in [7, 11) is 0. The van der Waals surface area contributed by atoms with Gasteiger partial charge >= 0.3 is 0 Å². The first-order valence-electron chi connectivity index (χ1n) is 6.21. The molecule has 1 fully saturated rings. The summed E-state index contributed by atoms with van der Waals surface area (Å²) in [5, 5.41) is 20.6. The highest BCUT2D eigenvalue weighted by molar-refractivity contribution is 7.10. The zero-order valence-corrected chi connectivity index (χ0v) is 11.5. The van der Waals surface area contributed by atoms with Crippen LogP contribution in [0.4, 0.5) is 0 Å². The average Bonchev–Trinajstić information content (AvgIpc) is 2.77. The molecule has 98 valence electrons. The summed E-state index contributed by atoms with van der Waals surface area (Å²) in [5.74, 6) is 5.57. The van der Waals surface area contributed by atoms with Gasteiger partial charge in [-0.15, -0.1) is 11.3 Å². The fourth-order valence-electron chi connectivity index (χ4n) is 2.08. The smallest absolute Gasteiger partial charge is 0.104 e. The Balaban J connectivity index is 1.88. The van der Waals surface area contributed by atoms with Gasteiger partial charge in [-0.3, -0.25) is 4.90 Å². The molecule has 0 aliphatic carbocycles. The molecule has 0 atom stereocenters. The summed E-state index contributed by atoms with van der Waals surface area (Å²) in [4.78, 5) is 3.66. The van der Waals surface area contributed by atoms with E-state index >= 15 is 0 Å². The molecule has 0 unspecified atom stereocenters. The van der Waals surface area contributed by atoms with E-state index in [1.54, 1.807) is 11.3 Å². The first-order valence-corrected chi connectivity index (χ1v) is 7.09. The molecule has 2 rings (SSSR count). The predicted octanol–water partition coefficient (Wildman–Crippen LogP) is 1.44. The van der Waals surface area contributed by atoms with Crippen molar-refractivity contribution in [2.24, 2.45) is 0 Å². The molecule has 0 radical (unpaired) electrons. The Hall–Kier alpha value is -0.860. The predicted molar refractivity (Wildman–Crippen MR) is 73.4 cm³/mol. The van der Waals surface area contributed by atoms with E-state index in [0.29, 0.717) is 0 Å². The quantitative estimate of drug-likeness (QED) is 0.795. The molecule has 4 heteroatoms. The lowest BCUT2D eigenvalue weighted by Crippen LogP contribution is -2.41. The first-order chi connectivity index (χ1) is 8.59. The van der Waals surface area contributed by atoms with Gasteiger partial charge in [0.05, 0.1) is 5.60 Å². The van der Waals surface area contributed by atoms with Gasteiger partial charge < -0.3 is 10.2 Å². The maximum absolute atomic E-state index is 9.89. The Morgan fingerprint density at radius 3 is 2.83 bits per heavy atom. The summed E-state index contributed by atoms with van der Waals surface area (Å²) in [5.41, 5.74) is 0.497. The van der Waals surface area contributed by atoms with Gasteiger partial charge in [-0.1, -0.05) is 11.8 Å². The fourth-order valence-corrected chi connectivity index (χ4v) is 2.94. The van der Waals surface area contributed by atoms with Crippen LogP contribution in [0.3, 0.4) is 0 Å². The molecule has 2 heterocycles. The number of aliphatic hydroxyl groups excluding tert-OH is 1. The fraction of sp³-hybridized carbons (Fsp3) is 0.571. The van der Waals surface area contributed by atoms with Crippen LogP contribution in [-0.2, 0) is 6.54 Å². The molecule has 0 saturated carbocycles. The lowest BCUT2D eigenvalue weighted by atomic mass is 9.94. The average molecular weight is 265 g/mol. The molecule has 1 aromatic heterocycles. The van der Waals surface area contributed by atoms with E-state index in [1.807, 2.05) is 12.3 Å². The number of nitrogens with zero attached hydrogens (tertiary/aromatic N) is 1. The SMILES string of the molecule is CC1(O)CCN(Cc2cc(C#CCO)cs2)CC1. The Morgan fingerprint density at radius 2 is 2.17 bits per heavy atom. The highest BCUT2D eigenvalue weighted by Gasteiger charge is 2.27. The van der Waals surface area contributed by atoms with Crippen molar-refractivity contribution in [3.8, 4) is 11.8 Å². The minimum Gasteiger partial charge on any atom is -0.390 e. The van der Waals surface area contributed by atoms with Crippen LogP contribution in [0.15, 0.2) is 11.4 Å². The van der Waals surface area contributed by atoms with E-state index in [1.165, 1.54) is 4.88 Å². The summed E-state index contributed by atoms with van der Waals surface area (Å²) in [6.07, 6.45) is 1.69. The third kappa shape index (κ3) is 3.82. The maximum Gasteiger partial charge on any atom is 0.104 e. The van der Waals surface area contributed by atoms with Crippen LogP contribution in [0.25, 0.3) is 0 Å². The molecule has 2 N–H and O–H groups in total. The van der Waals surface area contributed by atoms with E-state index in [9.17, 15) is 5.11 Å². The van der Waals surface area contributed by atoms with E-state index in [2.05, 4.69) is 22.8 Å². The van der Waals surface area contributed by atoms with Crippen LogP contribution in [0.1, 0.15) is 30.2 Å². The molecule has 3 nitrogen and oxygen atoms in total. The molecule has 1 saturated heterocycles. The van der Waals surface area contributed by atoms with Crippen molar-refractivity contribution in [3.63, 3.8) is 0 Å². The minimum absolute atomic E-state index is 0.0909. The van der Waals surface area contributed by atoms with E-state index in [0.717, 1.165) is 38.0 Å². The molecule has 1 aromatic rings. The van der Waals surface area contributed by atoms with E-state index < -0.39 is 5.60 Å². The summed E-state index contributed by atoms with van der Waals surface area (Å²) >= 11 is 1.71. The highest BCUT2D eigenvalue weighted by atomic mass is 32.1. The molecule has 1 aliphatic heterocycles. The first kappa shape index (κ1) is 13.6.